The van der Waals surface area contributed by atoms with Gasteiger partial charge in [-0.25, -0.2) is 4.79 Å². The number of methoxy groups -OCH3 is 1. The minimum absolute atomic E-state index is 0.00169. The molecule has 2 aliphatic rings. The molecule has 2 aromatic rings. The molecule has 2 aliphatic heterocycles. The van der Waals surface area contributed by atoms with E-state index in [9.17, 15) is 14.4 Å². The number of morpholine rings is 1. The average molecular weight is 414 g/mol. The molecule has 0 N–H and O–H groups in total. The Kier molecular flexibility index (Phi) is 5.21. The molecule has 0 spiro atoms. The molecule has 1 amide bonds. The summed E-state index contributed by atoms with van der Waals surface area (Å²) in [4.78, 5) is 40.3. The fraction of sp³-hybridized carbons (Fsp3) is 0.381. The molecule has 1 aromatic heterocycles. The van der Waals surface area contributed by atoms with Gasteiger partial charge in [-0.15, -0.1) is 0 Å². The van der Waals surface area contributed by atoms with Gasteiger partial charge in [0.05, 0.1) is 25.5 Å². The van der Waals surface area contributed by atoms with Gasteiger partial charge >= 0.3 is 5.97 Å². The lowest BCUT2D eigenvalue weighted by atomic mass is 10.0. The molecular weight excluding hydrogens is 392 g/mol. The first-order chi connectivity index (χ1) is 14.4. The number of ether oxygens (including phenoxy) is 4. The van der Waals surface area contributed by atoms with Crippen molar-refractivity contribution < 1.29 is 28.5 Å². The Balaban J connectivity index is 1.75. The van der Waals surface area contributed by atoms with Crippen molar-refractivity contribution >= 4 is 11.9 Å². The third-order valence-electron chi connectivity index (χ3n) is 5.35. The lowest BCUT2D eigenvalue weighted by molar-refractivity contribution is -0.156. The van der Waals surface area contributed by atoms with Gasteiger partial charge in [0.2, 0.25) is 6.79 Å². The van der Waals surface area contributed by atoms with Crippen molar-refractivity contribution in [1.82, 2.24) is 9.47 Å². The maximum Gasteiger partial charge on any atom is 0.331 e. The molecule has 1 aromatic carbocycles. The number of nitrogens with zero attached hydrogens (tertiary/aromatic N) is 2. The summed E-state index contributed by atoms with van der Waals surface area (Å²) in [6.45, 7) is 3.96. The Morgan fingerprint density at radius 3 is 2.70 bits per heavy atom. The fourth-order valence-corrected chi connectivity index (χ4v) is 3.76. The van der Waals surface area contributed by atoms with E-state index >= 15 is 0 Å². The summed E-state index contributed by atoms with van der Waals surface area (Å²) in [6, 6.07) is 5.88. The highest BCUT2D eigenvalue weighted by Crippen LogP contribution is 2.33. The largest absolute Gasteiger partial charge is 0.467 e. The number of benzene rings is 1. The van der Waals surface area contributed by atoms with Gasteiger partial charge in [0, 0.05) is 18.8 Å². The van der Waals surface area contributed by atoms with Gasteiger partial charge < -0.3 is 23.8 Å². The first-order valence-electron chi connectivity index (χ1n) is 9.55. The van der Waals surface area contributed by atoms with E-state index in [2.05, 4.69) is 0 Å². The van der Waals surface area contributed by atoms with E-state index in [0.717, 1.165) is 0 Å². The maximum atomic E-state index is 13.4. The number of hydrogen-bond acceptors (Lipinski definition) is 7. The number of esters is 1. The number of carbonyl (C=O) groups excluding carboxylic acids is 2. The molecular formula is C21H22N2O7. The van der Waals surface area contributed by atoms with Crippen LogP contribution in [-0.4, -0.2) is 60.5 Å². The number of amides is 1. The molecule has 0 saturated carbocycles. The zero-order valence-corrected chi connectivity index (χ0v) is 16.9. The first-order valence-corrected chi connectivity index (χ1v) is 9.55. The van der Waals surface area contributed by atoms with Crippen molar-refractivity contribution in [1.29, 1.82) is 0 Å². The van der Waals surface area contributed by atoms with Crippen LogP contribution in [0.5, 0.6) is 11.5 Å². The van der Waals surface area contributed by atoms with Crippen LogP contribution in [0.2, 0.25) is 0 Å². The molecule has 9 nitrogen and oxygen atoms in total. The van der Waals surface area contributed by atoms with Gasteiger partial charge in [-0.1, -0.05) is 0 Å². The molecule has 0 radical (unpaired) electrons. The molecule has 2 atom stereocenters. The summed E-state index contributed by atoms with van der Waals surface area (Å²) in [5.41, 5.74) is 0.572. The van der Waals surface area contributed by atoms with Crippen LogP contribution in [0.4, 0.5) is 0 Å². The van der Waals surface area contributed by atoms with Gasteiger partial charge in [0.25, 0.3) is 11.5 Å². The Morgan fingerprint density at radius 2 is 1.93 bits per heavy atom. The van der Waals surface area contributed by atoms with Crippen molar-refractivity contribution in [2.75, 3.05) is 27.1 Å². The summed E-state index contributed by atoms with van der Waals surface area (Å²) < 4.78 is 22.4. The van der Waals surface area contributed by atoms with E-state index < -0.39 is 29.6 Å². The summed E-state index contributed by atoms with van der Waals surface area (Å²) in [5.74, 6) is 0.0115. The number of pyridine rings is 1. The predicted molar refractivity (Wildman–Crippen MR) is 105 cm³/mol. The summed E-state index contributed by atoms with van der Waals surface area (Å²) in [6.07, 6.45) is 1.06. The van der Waals surface area contributed by atoms with E-state index in [1.54, 1.807) is 44.3 Å². The Hall–Kier alpha value is -3.33. The predicted octanol–water partition coefficient (Wildman–Crippen LogP) is 1.28. The lowest BCUT2D eigenvalue weighted by Crippen LogP contribution is -2.57. The average Bonchev–Trinajstić information content (AvgIpc) is 3.21. The highest BCUT2D eigenvalue weighted by atomic mass is 16.7. The van der Waals surface area contributed by atoms with Gasteiger partial charge in [0.1, 0.15) is 5.56 Å². The quantitative estimate of drug-likeness (QED) is 0.698. The van der Waals surface area contributed by atoms with E-state index in [1.807, 2.05) is 0 Å². The Labute approximate surface area is 172 Å². The van der Waals surface area contributed by atoms with Gasteiger partial charge in [0.15, 0.2) is 17.5 Å². The number of fused-ring (bicyclic) bond motifs is 1. The van der Waals surface area contributed by atoms with E-state index in [1.165, 1.54) is 16.6 Å². The number of rotatable bonds is 3. The maximum absolute atomic E-state index is 13.4. The van der Waals surface area contributed by atoms with Crippen LogP contribution in [0.3, 0.4) is 0 Å². The highest BCUT2D eigenvalue weighted by molar-refractivity contribution is 5.98. The van der Waals surface area contributed by atoms with Crippen LogP contribution in [-0.2, 0) is 14.3 Å². The molecule has 4 rings (SSSR count). The number of carbonyl (C=O) groups is 2. The van der Waals surface area contributed by atoms with Crippen molar-refractivity contribution in [2.45, 2.75) is 26.0 Å². The van der Waals surface area contributed by atoms with Gasteiger partial charge in [-0.05, 0) is 37.6 Å². The minimum atomic E-state index is -0.922. The van der Waals surface area contributed by atoms with E-state index in [0.29, 0.717) is 22.7 Å². The SMILES string of the molecule is COC(=O)[C@@H]1[C@@H](C)OCCN1C(=O)c1c(C)ccn(-c2ccc3c(c2)OCO3)c1=O. The number of aryl methyl sites for hydroxylation is 1. The molecule has 1 fully saturated rings. The summed E-state index contributed by atoms with van der Waals surface area (Å²) >= 11 is 0. The van der Waals surface area contributed by atoms with Crippen LogP contribution in [0, 0.1) is 6.92 Å². The molecule has 0 unspecified atom stereocenters. The molecule has 1 saturated heterocycles. The van der Waals surface area contributed by atoms with Crippen LogP contribution < -0.4 is 15.0 Å². The number of hydrogen-bond donors (Lipinski definition) is 0. The molecule has 158 valence electrons. The normalized spacial score (nSPS) is 20.2. The van der Waals surface area contributed by atoms with Gasteiger partial charge in [-0.2, -0.15) is 0 Å². The van der Waals surface area contributed by atoms with Crippen LogP contribution in [0.15, 0.2) is 35.3 Å². The van der Waals surface area contributed by atoms with Gasteiger partial charge in [-0.3, -0.25) is 14.2 Å². The topological polar surface area (TPSA) is 96.3 Å². The molecule has 0 aliphatic carbocycles. The summed E-state index contributed by atoms with van der Waals surface area (Å²) in [5, 5.41) is 0. The standard InChI is InChI=1S/C21H22N2O7/c1-12-6-7-22(14-4-5-15-16(10-14)30-11-29-15)19(24)17(12)20(25)23-8-9-28-13(2)18(23)21(26)27-3/h4-7,10,13,18H,8-9,11H2,1-3H3/t13-,18+/m1/s1. The molecule has 30 heavy (non-hydrogen) atoms. The molecule has 9 heteroatoms. The molecule has 3 heterocycles. The zero-order chi connectivity index (χ0) is 21.4. The van der Waals surface area contributed by atoms with Crippen molar-refractivity contribution in [3.63, 3.8) is 0 Å². The summed E-state index contributed by atoms with van der Waals surface area (Å²) in [7, 11) is 1.26. The minimum Gasteiger partial charge on any atom is -0.467 e. The highest BCUT2D eigenvalue weighted by Gasteiger charge is 2.40. The zero-order valence-electron chi connectivity index (χ0n) is 16.9. The Morgan fingerprint density at radius 1 is 1.17 bits per heavy atom. The van der Waals surface area contributed by atoms with Crippen LogP contribution >= 0.6 is 0 Å². The smallest absolute Gasteiger partial charge is 0.331 e. The molecule has 0 bridgehead atoms. The Bertz CT molecular complexity index is 1060. The van der Waals surface area contributed by atoms with Crippen LogP contribution in [0.25, 0.3) is 5.69 Å². The monoisotopic (exact) mass is 414 g/mol. The van der Waals surface area contributed by atoms with E-state index in [4.69, 9.17) is 18.9 Å². The first kappa shape index (κ1) is 20.0. The second-order valence-corrected chi connectivity index (χ2v) is 7.13. The van der Waals surface area contributed by atoms with Crippen molar-refractivity contribution in [3.8, 4) is 17.2 Å². The third kappa shape index (κ3) is 3.30. The second-order valence-electron chi connectivity index (χ2n) is 7.13. The van der Waals surface area contributed by atoms with E-state index in [-0.39, 0.29) is 25.5 Å². The van der Waals surface area contributed by atoms with Crippen molar-refractivity contribution in [2.24, 2.45) is 0 Å². The van der Waals surface area contributed by atoms with Crippen LogP contribution in [0.1, 0.15) is 22.8 Å². The second kappa shape index (κ2) is 7.83. The lowest BCUT2D eigenvalue weighted by Gasteiger charge is -2.38. The fourth-order valence-electron chi connectivity index (χ4n) is 3.76. The third-order valence-corrected chi connectivity index (χ3v) is 5.35. The van der Waals surface area contributed by atoms with Crippen molar-refractivity contribution in [3.05, 3.63) is 51.9 Å². The number of aromatic nitrogens is 1.